The molecule has 0 spiro atoms. The van der Waals surface area contributed by atoms with Crippen LogP contribution in [0, 0.1) is 0 Å². The first-order valence-corrected chi connectivity index (χ1v) is 6.95. The van der Waals surface area contributed by atoms with Crippen molar-refractivity contribution in [3.05, 3.63) is 16.1 Å². The molecule has 2 unspecified atom stereocenters. The highest BCUT2D eigenvalue weighted by Gasteiger charge is 2.19. The van der Waals surface area contributed by atoms with Gasteiger partial charge in [-0.05, 0) is 25.5 Å². The number of aromatic nitrogens is 1. The Bertz CT molecular complexity index is 292. The minimum absolute atomic E-state index is 0.423. The summed E-state index contributed by atoms with van der Waals surface area (Å²) >= 11 is 3.70. The fraction of sp³-hybridized carbons (Fsp3) is 0.700. The summed E-state index contributed by atoms with van der Waals surface area (Å²) in [6, 6.07) is 0. The molecule has 1 aliphatic rings. The topological polar surface area (TPSA) is 33.1 Å². The Morgan fingerprint density at radius 3 is 3.00 bits per heavy atom. The Morgan fingerprint density at radius 2 is 2.43 bits per heavy atom. The van der Waals surface area contributed by atoms with Crippen molar-refractivity contribution in [2.75, 3.05) is 5.75 Å². The minimum Gasteiger partial charge on any atom is -0.387 e. The van der Waals surface area contributed by atoms with Crippen molar-refractivity contribution in [3.8, 4) is 0 Å². The van der Waals surface area contributed by atoms with Crippen molar-refractivity contribution in [3.63, 3.8) is 0 Å². The Labute approximate surface area is 92.8 Å². The van der Waals surface area contributed by atoms with Crippen LogP contribution in [-0.2, 0) is 0 Å². The van der Waals surface area contributed by atoms with Gasteiger partial charge in [-0.2, -0.15) is 11.8 Å². The molecule has 0 radical (unpaired) electrons. The first kappa shape index (κ1) is 10.5. The van der Waals surface area contributed by atoms with Crippen molar-refractivity contribution < 1.29 is 5.11 Å². The van der Waals surface area contributed by atoms with E-state index >= 15 is 0 Å². The second-order valence-electron chi connectivity index (χ2n) is 3.64. The van der Waals surface area contributed by atoms with Crippen LogP contribution in [-0.4, -0.2) is 15.8 Å². The molecular weight excluding hydrogens is 214 g/mol. The quantitative estimate of drug-likeness (QED) is 0.845. The number of nitrogens with zero attached hydrogens (tertiary/aromatic N) is 1. The summed E-state index contributed by atoms with van der Waals surface area (Å²) in [5.74, 6) is 1.26. The molecule has 1 fully saturated rings. The largest absolute Gasteiger partial charge is 0.387 e. The highest BCUT2D eigenvalue weighted by molar-refractivity contribution is 7.99. The zero-order chi connectivity index (χ0) is 9.97. The summed E-state index contributed by atoms with van der Waals surface area (Å²) in [7, 11) is 0. The predicted molar refractivity (Wildman–Crippen MR) is 61.8 cm³/mol. The average Bonchev–Trinajstić information content (AvgIpc) is 2.68. The van der Waals surface area contributed by atoms with Crippen molar-refractivity contribution in [1.29, 1.82) is 0 Å². The van der Waals surface area contributed by atoms with Crippen LogP contribution in [0.1, 0.15) is 48.2 Å². The van der Waals surface area contributed by atoms with Gasteiger partial charge in [-0.25, -0.2) is 4.98 Å². The third-order valence-electron chi connectivity index (χ3n) is 2.42. The molecule has 2 heterocycles. The lowest BCUT2D eigenvalue weighted by atomic mass is 10.2. The van der Waals surface area contributed by atoms with Crippen molar-refractivity contribution in [1.82, 2.24) is 4.98 Å². The highest BCUT2D eigenvalue weighted by atomic mass is 32.2. The van der Waals surface area contributed by atoms with E-state index in [2.05, 4.69) is 4.98 Å². The van der Waals surface area contributed by atoms with Crippen molar-refractivity contribution in [2.45, 2.75) is 37.5 Å². The van der Waals surface area contributed by atoms with Crippen molar-refractivity contribution in [2.24, 2.45) is 0 Å². The van der Waals surface area contributed by atoms with E-state index in [1.165, 1.54) is 30.0 Å². The Morgan fingerprint density at radius 1 is 1.57 bits per heavy atom. The third-order valence-corrected chi connectivity index (χ3v) is 4.93. The molecular formula is C10H15NOS2. The first-order valence-electron chi connectivity index (χ1n) is 5.02. The molecule has 78 valence electrons. The van der Waals surface area contributed by atoms with Crippen LogP contribution >= 0.6 is 23.1 Å². The number of aliphatic hydroxyl groups is 1. The van der Waals surface area contributed by atoms with Gasteiger partial charge in [0.25, 0.3) is 0 Å². The maximum Gasteiger partial charge on any atom is 0.106 e. The minimum atomic E-state index is -0.423. The summed E-state index contributed by atoms with van der Waals surface area (Å²) in [6.07, 6.45) is 3.49. The van der Waals surface area contributed by atoms with Gasteiger partial charge in [-0.1, -0.05) is 6.42 Å². The number of rotatable bonds is 2. The molecule has 1 aliphatic heterocycles. The van der Waals surface area contributed by atoms with E-state index in [1.54, 1.807) is 18.3 Å². The van der Waals surface area contributed by atoms with Gasteiger partial charge < -0.3 is 5.11 Å². The lowest BCUT2D eigenvalue weighted by Gasteiger charge is -2.18. The Balaban J connectivity index is 2.07. The third kappa shape index (κ3) is 2.30. The van der Waals surface area contributed by atoms with Crippen molar-refractivity contribution >= 4 is 23.1 Å². The van der Waals surface area contributed by atoms with Crippen LogP contribution < -0.4 is 0 Å². The average molecular weight is 229 g/mol. The van der Waals surface area contributed by atoms with E-state index in [0.29, 0.717) is 5.25 Å². The molecule has 14 heavy (non-hydrogen) atoms. The standard InChI is InChI=1S/C10H15NOS2/c1-7(12)8-6-14-10(11-8)9-4-2-3-5-13-9/h6-7,9,12H,2-5H2,1H3. The van der Waals surface area contributed by atoms with Gasteiger partial charge in [0, 0.05) is 5.38 Å². The zero-order valence-electron chi connectivity index (χ0n) is 8.27. The van der Waals surface area contributed by atoms with Gasteiger partial charge in [0.15, 0.2) is 0 Å². The molecule has 2 rings (SSSR count). The number of thiazole rings is 1. The molecule has 1 saturated heterocycles. The van der Waals surface area contributed by atoms with E-state index in [1.807, 2.05) is 17.1 Å². The molecule has 1 aromatic rings. The van der Waals surface area contributed by atoms with Gasteiger partial charge in [0.1, 0.15) is 5.01 Å². The maximum atomic E-state index is 9.37. The SMILES string of the molecule is CC(O)c1csc(C2CCCCS2)n1. The monoisotopic (exact) mass is 229 g/mol. The molecule has 0 aliphatic carbocycles. The first-order chi connectivity index (χ1) is 6.77. The molecule has 2 atom stereocenters. The fourth-order valence-corrected chi connectivity index (χ4v) is 4.05. The molecule has 2 nitrogen and oxygen atoms in total. The summed E-state index contributed by atoms with van der Waals surface area (Å²) in [5, 5.41) is 13.1. The second-order valence-corrected chi connectivity index (χ2v) is 5.84. The highest BCUT2D eigenvalue weighted by Crippen LogP contribution is 2.39. The van der Waals surface area contributed by atoms with E-state index in [4.69, 9.17) is 0 Å². The van der Waals surface area contributed by atoms with E-state index in [9.17, 15) is 5.11 Å². The number of hydrogen-bond acceptors (Lipinski definition) is 4. The number of thioether (sulfide) groups is 1. The zero-order valence-corrected chi connectivity index (χ0v) is 9.90. The maximum absolute atomic E-state index is 9.37. The summed E-state index contributed by atoms with van der Waals surface area (Å²) in [6.45, 7) is 1.77. The molecule has 1 N–H and O–H groups in total. The van der Waals surface area contributed by atoms with Gasteiger partial charge >= 0.3 is 0 Å². The van der Waals surface area contributed by atoms with Gasteiger partial charge in [-0.3, -0.25) is 0 Å². The Hall–Kier alpha value is -0.0600. The van der Waals surface area contributed by atoms with Crippen LogP contribution in [0.4, 0.5) is 0 Å². The lowest BCUT2D eigenvalue weighted by molar-refractivity contribution is 0.195. The van der Waals surface area contributed by atoms with Gasteiger partial charge in [0.05, 0.1) is 17.0 Å². The van der Waals surface area contributed by atoms with Crippen LogP contribution in [0.25, 0.3) is 0 Å². The summed E-state index contributed by atoms with van der Waals surface area (Å²) < 4.78 is 0. The predicted octanol–water partition coefficient (Wildman–Crippen LogP) is 3.15. The molecule has 0 saturated carbocycles. The Kier molecular flexibility index (Phi) is 3.47. The van der Waals surface area contributed by atoms with Crippen LogP contribution in [0.5, 0.6) is 0 Å². The second kappa shape index (κ2) is 4.64. The van der Waals surface area contributed by atoms with E-state index < -0.39 is 6.10 Å². The fourth-order valence-electron chi connectivity index (χ4n) is 1.58. The van der Waals surface area contributed by atoms with Crippen LogP contribution in [0.2, 0.25) is 0 Å². The van der Waals surface area contributed by atoms with Crippen LogP contribution in [0.3, 0.4) is 0 Å². The lowest BCUT2D eigenvalue weighted by Crippen LogP contribution is -2.02. The van der Waals surface area contributed by atoms with E-state index in [0.717, 1.165) is 5.69 Å². The summed E-state index contributed by atoms with van der Waals surface area (Å²) in [4.78, 5) is 4.48. The molecule has 1 aromatic heterocycles. The summed E-state index contributed by atoms with van der Waals surface area (Å²) in [5.41, 5.74) is 0.830. The van der Waals surface area contributed by atoms with Gasteiger partial charge in [-0.15, -0.1) is 11.3 Å². The smallest absolute Gasteiger partial charge is 0.106 e. The van der Waals surface area contributed by atoms with Gasteiger partial charge in [0.2, 0.25) is 0 Å². The molecule has 0 amide bonds. The molecule has 4 heteroatoms. The number of hydrogen-bond donors (Lipinski definition) is 1. The molecule has 0 aromatic carbocycles. The van der Waals surface area contributed by atoms with E-state index in [-0.39, 0.29) is 0 Å². The number of aliphatic hydroxyl groups excluding tert-OH is 1. The molecule has 0 bridgehead atoms. The van der Waals surface area contributed by atoms with Crippen LogP contribution in [0.15, 0.2) is 5.38 Å². The normalized spacial score (nSPS) is 24.9.